The van der Waals surface area contributed by atoms with Crippen LogP contribution >= 0.6 is 0 Å². The van der Waals surface area contributed by atoms with Gasteiger partial charge in [0, 0.05) is 32.2 Å². The van der Waals surface area contributed by atoms with Crippen LogP contribution in [0.3, 0.4) is 0 Å². The number of ether oxygens (including phenoxy) is 1. The van der Waals surface area contributed by atoms with Crippen LogP contribution in [0, 0.1) is 0 Å². The fourth-order valence-corrected chi connectivity index (χ4v) is 4.17. The predicted octanol–water partition coefficient (Wildman–Crippen LogP) is 4.57. The van der Waals surface area contributed by atoms with Crippen LogP contribution in [0.15, 0.2) is 42.5 Å². The summed E-state index contributed by atoms with van der Waals surface area (Å²) >= 11 is 0. The van der Waals surface area contributed by atoms with Crippen molar-refractivity contribution in [3.05, 3.63) is 64.7 Å². The lowest BCUT2D eigenvalue weighted by Crippen LogP contribution is -2.45. The normalized spacial score (nSPS) is 20.6. The van der Waals surface area contributed by atoms with Crippen LogP contribution in [0.2, 0.25) is 0 Å². The van der Waals surface area contributed by atoms with E-state index in [1.54, 1.807) is 0 Å². The summed E-state index contributed by atoms with van der Waals surface area (Å²) in [5, 5.41) is 3.40. The van der Waals surface area contributed by atoms with E-state index in [2.05, 4.69) is 22.3 Å². The topological polar surface area (TPSA) is 24.5 Å². The van der Waals surface area contributed by atoms with E-state index in [0.29, 0.717) is 6.04 Å². The van der Waals surface area contributed by atoms with E-state index in [-0.39, 0.29) is 6.61 Å². The van der Waals surface area contributed by atoms with Gasteiger partial charge in [-0.3, -0.25) is 4.90 Å². The van der Waals surface area contributed by atoms with Crippen LogP contribution in [-0.2, 0) is 19.2 Å². The van der Waals surface area contributed by atoms with Gasteiger partial charge in [0.2, 0.25) is 0 Å². The number of nitrogens with zero attached hydrogens (tertiary/aromatic N) is 1. The molecular formula is C22H25F3N2O. The molecule has 1 fully saturated rings. The van der Waals surface area contributed by atoms with Crippen molar-refractivity contribution in [3.8, 4) is 5.75 Å². The summed E-state index contributed by atoms with van der Waals surface area (Å²) in [5.74, 6) is 0.778. The Kier molecular flexibility index (Phi) is 5.60. The third-order valence-corrected chi connectivity index (χ3v) is 5.68. The molecule has 1 aliphatic heterocycles. The second-order valence-corrected chi connectivity index (χ2v) is 7.54. The molecule has 1 unspecified atom stereocenters. The van der Waals surface area contributed by atoms with Gasteiger partial charge in [0.05, 0.1) is 5.56 Å². The van der Waals surface area contributed by atoms with Crippen LogP contribution in [0.5, 0.6) is 5.75 Å². The molecule has 3 nitrogen and oxygen atoms in total. The molecule has 4 rings (SSSR count). The van der Waals surface area contributed by atoms with E-state index in [1.807, 2.05) is 6.07 Å². The Bertz CT molecular complexity index is 798. The first kappa shape index (κ1) is 19.3. The number of nitrogens with one attached hydrogen (secondary N) is 1. The van der Waals surface area contributed by atoms with Crippen molar-refractivity contribution in [2.75, 3.05) is 26.2 Å². The highest BCUT2D eigenvalue weighted by Gasteiger charge is 2.30. The molecule has 1 N–H and O–H groups in total. The summed E-state index contributed by atoms with van der Waals surface area (Å²) < 4.78 is 44.0. The van der Waals surface area contributed by atoms with Gasteiger partial charge >= 0.3 is 6.18 Å². The molecule has 1 atom stereocenters. The summed E-state index contributed by atoms with van der Waals surface area (Å²) in [5.41, 5.74) is 2.82. The molecule has 2 aliphatic rings. The second kappa shape index (κ2) is 8.13. The summed E-state index contributed by atoms with van der Waals surface area (Å²) in [4.78, 5) is 2.55. The Hall–Kier alpha value is -2.05. The molecule has 0 bridgehead atoms. The van der Waals surface area contributed by atoms with Gasteiger partial charge in [-0.25, -0.2) is 0 Å². The Morgan fingerprint density at radius 2 is 1.79 bits per heavy atom. The maximum Gasteiger partial charge on any atom is 0.416 e. The zero-order chi connectivity index (χ0) is 19.6. The molecule has 150 valence electrons. The van der Waals surface area contributed by atoms with Crippen molar-refractivity contribution in [2.45, 2.75) is 38.1 Å². The lowest BCUT2D eigenvalue weighted by atomic mass is 9.86. The van der Waals surface area contributed by atoms with E-state index in [4.69, 9.17) is 4.74 Å². The first-order valence-electron chi connectivity index (χ1n) is 9.87. The largest absolute Gasteiger partial charge is 0.489 e. The first-order valence-corrected chi connectivity index (χ1v) is 9.87. The van der Waals surface area contributed by atoms with E-state index < -0.39 is 11.7 Å². The van der Waals surface area contributed by atoms with E-state index >= 15 is 0 Å². The maximum absolute atomic E-state index is 12.7. The van der Waals surface area contributed by atoms with Gasteiger partial charge in [0.1, 0.15) is 12.4 Å². The third kappa shape index (κ3) is 4.33. The number of hydrogen-bond donors (Lipinski definition) is 1. The van der Waals surface area contributed by atoms with Crippen LogP contribution < -0.4 is 10.1 Å². The predicted molar refractivity (Wildman–Crippen MR) is 102 cm³/mol. The number of alkyl halides is 3. The molecule has 0 aromatic heterocycles. The van der Waals surface area contributed by atoms with Gasteiger partial charge < -0.3 is 10.1 Å². The summed E-state index contributed by atoms with van der Waals surface area (Å²) in [6.45, 7) is 4.42. The third-order valence-electron chi connectivity index (χ3n) is 5.68. The van der Waals surface area contributed by atoms with E-state index in [1.165, 1.54) is 29.7 Å². The fourth-order valence-electron chi connectivity index (χ4n) is 4.17. The van der Waals surface area contributed by atoms with Gasteiger partial charge in [0.15, 0.2) is 0 Å². The molecule has 0 spiro atoms. The van der Waals surface area contributed by atoms with E-state index in [9.17, 15) is 13.2 Å². The van der Waals surface area contributed by atoms with Crippen LogP contribution in [0.4, 0.5) is 13.2 Å². The molecule has 1 saturated heterocycles. The Morgan fingerprint density at radius 3 is 2.50 bits per heavy atom. The number of fused-ring (bicyclic) bond motifs is 1. The highest BCUT2D eigenvalue weighted by atomic mass is 19.4. The quantitative estimate of drug-likeness (QED) is 0.828. The minimum atomic E-state index is -4.31. The van der Waals surface area contributed by atoms with Crippen molar-refractivity contribution in [1.29, 1.82) is 0 Å². The van der Waals surface area contributed by atoms with E-state index in [0.717, 1.165) is 62.5 Å². The highest BCUT2D eigenvalue weighted by Crippen LogP contribution is 2.36. The Morgan fingerprint density at radius 1 is 1.04 bits per heavy atom. The molecule has 2 aromatic rings. The highest BCUT2D eigenvalue weighted by molar-refractivity contribution is 5.39. The first-order chi connectivity index (χ1) is 13.5. The van der Waals surface area contributed by atoms with Crippen LogP contribution in [0.1, 0.15) is 41.1 Å². The maximum atomic E-state index is 12.7. The minimum absolute atomic E-state index is 0.259. The number of rotatable bonds is 4. The average Bonchev–Trinajstić information content (AvgIpc) is 2.72. The number of aryl methyl sites for hydroxylation is 1. The number of halogens is 3. The lowest BCUT2D eigenvalue weighted by Gasteiger charge is -2.38. The Balaban J connectivity index is 1.46. The van der Waals surface area contributed by atoms with Gasteiger partial charge in [-0.1, -0.05) is 18.2 Å². The van der Waals surface area contributed by atoms with Gasteiger partial charge in [-0.2, -0.15) is 13.2 Å². The smallest absolute Gasteiger partial charge is 0.416 e. The summed E-state index contributed by atoms with van der Waals surface area (Å²) in [6.07, 6.45) is -0.851. The number of piperazine rings is 1. The van der Waals surface area contributed by atoms with Crippen molar-refractivity contribution in [2.24, 2.45) is 0 Å². The molecule has 2 aromatic carbocycles. The monoisotopic (exact) mass is 390 g/mol. The lowest BCUT2D eigenvalue weighted by molar-refractivity contribution is -0.137. The van der Waals surface area contributed by atoms with Gasteiger partial charge in [-0.15, -0.1) is 0 Å². The molecule has 0 radical (unpaired) electrons. The molecule has 28 heavy (non-hydrogen) atoms. The molecule has 0 amide bonds. The second-order valence-electron chi connectivity index (χ2n) is 7.54. The zero-order valence-corrected chi connectivity index (χ0v) is 15.8. The van der Waals surface area contributed by atoms with Gasteiger partial charge in [-0.05, 0) is 60.2 Å². The molecule has 1 heterocycles. The fraction of sp³-hybridized carbons (Fsp3) is 0.455. The Labute approximate surface area is 163 Å². The summed E-state index contributed by atoms with van der Waals surface area (Å²) in [7, 11) is 0. The number of hydrogen-bond acceptors (Lipinski definition) is 3. The molecular weight excluding hydrogens is 365 g/mol. The minimum Gasteiger partial charge on any atom is -0.489 e. The average molecular weight is 390 g/mol. The molecule has 1 aliphatic carbocycles. The molecule has 0 saturated carbocycles. The zero-order valence-electron chi connectivity index (χ0n) is 15.8. The SMILES string of the molecule is FC(F)(F)c1ccc(COc2ccc3c(c2)C(N2CCNCC2)CCC3)cc1. The van der Waals surface area contributed by atoms with Crippen molar-refractivity contribution in [3.63, 3.8) is 0 Å². The van der Waals surface area contributed by atoms with Crippen molar-refractivity contribution < 1.29 is 17.9 Å². The van der Waals surface area contributed by atoms with Gasteiger partial charge in [0.25, 0.3) is 0 Å². The van der Waals surface area contributed by atoms with Crippen molar-refractivity contribution in [1.82, 2.24) is 10.2 Å². The van der Waals surface area contributed by atoms with Crippen LogP contribution in [0.25, 0.3) is 0 Å². The number of benzene rings is 2. The molecule has 6 heteroatoms. The summed E-state index contributed by atoms with van der Waals surface area (Å²) in [6, 6.07) is 11.8. The van der Waals surface area contributed by atoms with Crippen LogP contribution in [-0.4, -0.2) is 31.1 Å². The standard InChI is InChI=1S/C22H25F3N2O/c23-22(24,25)18-7-4-16(5-8-18)15-28-19-9-6-17-2-1-3-21(20(17)14-19)27-12-10-26-11-13-27/h4-9,14,21,26H,1-3,10-13,15H2. The van der Waals surface area contributed by atoms with Crippen molar-refractivity contribution >= 4 is 0 Å².